The van der Waals surface area contributed by atoms with Gasteiger partial charge in [-0.3, -0.25) is 4.99 Å². The van der Waals surface area contributed by atoms with Gasteiger partial charge in [-0.25, -0.2) is 4.99 Å². The minimum atomic E-state index is 0.452. The predicted octanol–water partition coefficient (Wildman–Crippen LogP) is 5.95. The molecule has 0 saturated carbocycles. The van der Waals surface area contributed by atoms with Crippen molar-refractivity contribution in [3.63, 3.8) is 0 Å². The van der Waals surface area contributed by atoms with Crippen LogP contribution in [0.15, 0.2) is 112 Å². The topological polar surface area (TPSA) is 50.7 Å². The molecule has 0 spiro atoms. The highest BCUT2D eigenvalue weighted by molar-refractivity contribution is 9.10. The summed E-state index contributed by atoms with van der Waals surface area (Å²) in [5, 5.41) is 2.25. The van der Waals surface area contributed by atoms with Gasteiger partial charge >= 0.3 is 0 Å². The molecule has 0 bridgehead atoms. The number of benzene rings is 4. The molecule has 4 aromatic carbocycles. The van der Waals surface area contributed by atoms with Gasteiger partial charge in [0.1, 0.15) is 5.84 Å². The van der Waals surface area contributed by atoms with Gasteiger partial charge in [0.15, 0.2) is 5.84 Å². The molecule has 0 radical (unpaired) electrons. The van der Waals surface area contributed by atoms with Crippen molar-refractivity contribution in [1.82, 2.24) is 0 Å². The third kappa shape index (κ3) is 4.61. The first-order chi connectivity index (χ1) is 14.2. The fraction of sp³-hybridized carbons (Fsp3) is 0.0400. The van der Waals surface area contributed by atoms with Crippen LogP contribution in [0.3, 0.4) is 0 Å². The lowest BCUT2D eigenvalue weighted by molar-refractivity contribution is 1.06. The Hall–Kier alpha value is -3.24. The molecule has 3 nitrogen and oxygen atoms in total. The molecule has 0 amide bonds. The summed E-state index contributed by atoms with van der Waals surface area (Å²) in [5.74, 6) is 1.08. The number of hydrogen-bond donors (Lipinski definition) is 1. The molecule has 0 aliphatic heterocycles. The van der Waals surface area contributed by atoms with Crippen LogP contribution in [0.2, 0.25) is 0 Å². The number of nitrogens with zero attached hydrogens (tertiary/aromatic N) is 2. The Balaban J connectivity index is 1.80. The lowest BCUT2D eigenvalue weighted by Crippen LogP contribution is -2.16. The smallest absolute Gasteiger partial charge is 0.157 e. The number of aliphatic imine (C=N–C) groups is 2. The predicted molar refractivity (Wildman–Crippen MR) is 125 cm³/mol. The van der Waals surface area contributed by atoms with Crippen molar-refractivity contribution in [2.75, 3.05) is 0 Å². The van der Waals surface area contributed by atoms with E-state index in [2.05, 4.69) is 46.3 Å². The van der Waals surface area contributed by atoms with Crippen LogP contribution in [0.5, 0.6) is 0 Å². The standard InChI is InChI=1S/C25H20BrN3/c26-21-15-13-18(14-16-21)17-28-25(29-24(27)20-8-2-1-3-9-20)23-12-6-10-19-7-4-5-11-22(19)23/h1-16H,17H2,(H2,27,28,29). The minimum Gasteiger partial charge on any atom is -0.383 e. The van der Waals surface area contributed by atoms with Crippen molar-refractivity contribution in [1.29, 1.82) is 0 Å². The van der Waals surface area contributed by atoms with Gasteiger partial charge in [0.05, 0.1) is 6.54 Å². The van der Waals surface area contributed by atoms with Crippen molar-refractivity contribution in [3.8, 4) is 0 Å². The van der Waals surface area contributed by atoms with E-state index in [1.54, 1.807) is 0 Å². The van der Waals surface area contributed by atoms with Crippen LogP contribution in [0.1, 0.15) is 16.7 Å². The van der Waals surface area contributed by atoms with Gasteiger partial charge < -0.3 is 5.73 Å². The maximum absolute atomic E-state index is 6.33. The summed E-state index contributed by atoms with van der Waals surface area (Å²) >= 11 is 3.47. The average Bonchev–Trinajstić information content (AvgIpc) is 2.78. The van der Waals surface area contributed by atoms with Crippen LogP contribution in [0.25, 0.3) is 10.8 Å². The van der Waals surface area contributed by atoms with Gasteiger partial charge in [0.2, 0.25) is 0 Å². The Labute approximate surface area is 178 Å². The van der Waals surface area contributed by atoms with Crippen LogP contribution in [-0.4, -0.2) is 11.7 Å². The first-order valence-corrected chi connectivity index (χ1v) is 10.2. The molecule has 0 heterocycles. The van der Waals surface area contributed by atoms with Crippen molar-refractivity contribution >= 4 is 38.4 Å². The molecule has 0 fully saturated rings. The second-order valence-corrected chi connectivity index (χ2v) is 7.57. The molecule has 0 aliphatic rings. The number of halogens is 1. The molecule has 0 saturated heterocycles. The van der Waals surface area contributed by atoms with Crippen LogP contribution < -0.4 is 5.73 Å². The summed E-state index contributed by atoms with van der Waals surface area (Å²) in [5.41, 5.74) is 9.29. The molecule has 0 aromatic heterocycles. The number of hydrogen-bond acceptors (Lipinski definition) is 1. The second-order valence-electron chi connectivity index (χ2n) is 6.66. The Morgan fingerprint density at radius 3 is 2.24 bits per heavy atom. The molecule has 142 valence electrons. The summed E-state index contributed by atoms with van der Waals surface area (Å²) in [6, 6.07) is 32.3. The molecule has 4 heteroatoms. The van der Waals surface area contributed by atoms with Gasteiger partial charge in [-0.2, -0.15) is 0 Å². The number of amidine groups is 2. The average molecular weight is 442 g/mol. The Morgan fingerprint density at radius 1 is 0.759 bits per heavy atom. The third-order valence-corrected chi connectivity index (χ3v) is 5.18. The van der Waals surface area contributed by atoms with Gasteiger partial charge in [0.25, 0.3) is 0 Å². The molecule has 29 heavy (non-hydrogen) atoms. The van der Waals surface area contributed by atoms with Crippen LogP contribution >= 0.6 is 15.9 Å². The van der Waals surface area contributed by atoms with E-state index in [-0.39, 0.29) is 0 Å². The van der Waals surface area contributed by atoms with Crippen LogP contribution in [-0.2, 0) is 6.54 Å². The molecule has 2 N–H and O–H groups in total. The lowest BCUT2D eigenvalue weighted by Gasteiger charge is -2.09. The van der Waals surface area contributed by atoms with Crippen molar-refractivity contribution in [2.24, 2.45) is 15.7 Å². The number of rotatable bonds is 4. The molecule has 0 aliphatic carbocycles. The first kappa shape index (κ1) is 19.1. The molecule has 0 atom stereocenters. The Bertz CT molecular complexity index is 1170. The zero-order valence-corrected chi connectivity index (χ0v) is 17.4. The number of fused-ring (bicyclic) bond motifs is 1. The summed E-state index contributed by atoms with van der Waals surface area (Å²) in [6.45, 7) is 0.525. The molecule has 4 rings (SSSR count). The van der Waals surface area contributed by atoms with E-state index < -0.39 is 0 Å². The SMILES string of the molecule is NC(=NC(=NCc1ccc(Br)cc1)c1cccc2ccccc12)c1ccccc1. The number of nitrogens with two attached hydrogens (primary N) is 1. The van der Waals surface area contributed by atoms with Crippen LogP contribution in [0, 0.1) is 0 Å². The molecular weight excluding hydrogens is 422 g/mol. The van der Waals surface area contributed by atoms with Crippen molar-refractivity contribution in [2.45, 2.75) is 6.54 Å². The summed E-state index contributed by atoms with van der Waals surface area (Å²) in [7, 11) is 0. The third-order valence-electron chi connectivity index (χ3n) is 4.65. The highest BCUT2D eigenvalue weighted by Gasteiger charge is 2.09. The lowest BCUT2D eigenvalue weighted by atomic mass is 10.0. The van der Waals surface area contributed by atoms with E-state index in [1.165, 1.54) is 0 Å². The van der Waals surface area contributed by atoms with Crippen molar-refractivity contribution in [3.05, 3.63) is 118 Å². The zero-order chi connectivity index (χ0) is 20.1. The van der Waals surface area contributed by atoms with Crippen LogP contribution in [0.4, 0.5) is 0 Å². The highest BCUT2D eigenvalue weighted by atomic mass is 79.9. The van der Waals surface area contributed by atoms with E-state index in [9.17, 15) is 0 Å². The van der Waals surface area contributed by atoms with E-state index in [4.69, 9.17) is 15.7 Å². The first-order valence-electron chi connectivity index (χ1n) is 9.37. The quantitative estimate of drug-likeness (QED) is 0.308. The minimum absolute atomic E-state index is 0.452. The van der Waals surface area contributed by atoms with Gasteiger partial charge in [0, 0.05) is 15.6 Å². The molecular formula is C25H20BrN3. The summed E-state index contributed by atoms with van der Waals surface area (Å²) < 4.78 is 1.05. The summed E-state index contributed by atoms with van der Waals surface area (Å²) in [6.07, 6.45) is 0. The van der Waals surface area contributed by atoms with Gasteiger partial charge in [-0.05, 0) is 28.5 Å². The zero-order valence-electron chi connectivity index (χ0n) is 15.8. The van der Waals surface area contributed by atoms with E-state index in [1.807, 2.05) is 66.7 Å². The van der Waals surface area contributed by atoms with E-state index in [0.29, 0.717) is 18.2 Å². The van der Waals surface area contributed by atoms with Gasteiger partial charge in [-0.1, -0.05) is 101 Å². The van der Waals surface area contributed by atoms with Gasteiger partial charge in [-0.15, -0.1) is 0 Å². The molecule has 4 aromatic rings. The van der Waals surface area contributed by atoms with E-state index in [0.717, 1.165) is 31.9 Å². The fourth-order valence-corrected chi connectivity index (χ4v) is 3.41. The molecule has 0 unspecified atom stereocenters. The van der Waals surface area contributed by atoms with E-state index >= 15 is 0 Å². The maximum atomic E-state index is 6.33. The normalized spacial score (nSPS) is 12.3. The largest absolute Gasteiger partial charge is 0.383 e. The Kier molecular flexibility index (Phi) is 5.82. The van der Waals surface area contributed by atoms with Crippen molar-refractivity contribution < 1.29 is 0 Å². The highest BCUT2D eigenvalue weighted by Crippen LogP contribution is 2.21. The second kappa shape index (κ2) is 8.84. The maximum Gasteiger partial charge on any atom is 0.157 e. The Morgan fingerprint density at radius 2 is 1.45 bits per heavy atom. The monoisotopic (exact) mass is 441 g/mol. The summed E-state index contributed by atoms with van der Waals surface area (Å²) in [4.78, 5) is 9.58. The fourth-order valence-electron chi connectivity index (χ4n) is 3.14.